The van der Waals surface area contributed by atoms with Crippen molar-refractivity contribution in [3.8, 4) is 0 Å². The minimum atomic E-state index is -0.486. The van der Waals surface area contributed by atoms with Crippen molar-refractivity contribution in [2.75, 3.05) is 0 Å². The van der Waals surface area contributed by atoms with Crippen molar-refractivity contribution in [2.45, 2.75) is 26.2 Å². The molecule has 2 N–H and O–H groups in total. The van der Waals surface area contributed by atoms with Crippen molar-refractivity contribution in [3.63, 3.8) is 0 Å². The summed E-state index contributed by atoms with van der Waals surface area (Å²) in [5.41, 5.74) is 6.32. The van der Waals surface area contributed by atoms with Crippen LogP contribution in [0.5, 0.6) is 0 Å². The summed E-state index contributed by atoms with van der Waals surface area (Å²) in [7, 11) is 0. The van der Waals surface area contributed by atoms with Crippen molar-refractivity contribution >= 4 is 46.4 Å². The first-order valence-electron chi connectivity index (χ1n) is 7.61. The maximum atomic E-state index is 12.2. The summed E-state index contributed by atoms with van der Waals surface area (Å²) < 4.78 is 0. The van der Waals surface area contributed by atoms with Crippen molar-refractivity contribution in [1.82, 2.24) is 10.9 Å². The highest BCUT2D eigenvalue weighted by molar-refractivity contribution is 7.14. The molecule has 0 radical (unpaired) electrons. The van der Waals surface area contributed by atoms with E-state index in [0.717, 1.165) is 19.3 Å². The number of thiophene rings is 1. The van der Waals surface area contributed by atoms with E-state index >= 15 is 0 Å². The summed E-state index contributed by atoms with van der Waals surface area (Å²) in [4.78, 5) is 26.2. The first kappa shape index (κ1) is 17.3. The van der Waals surface area contributed by atoms with Crippen molar-refractivity contribution in [3.05, 3.63) is 55.2 Å². The number of benzene rings is 1. The molecule has 0 aliphatic heterocycles. The number of amides is 2. The Morgan fingerprint density at radius 3 is 2.67 bits per heavy atom. The minimum absolute atomic E-state index is 0.231. The molecule has 1 aromatic heterocycles. The van der Waals surface area contributed by atoms with Crippen LogP contribution in [0.2, 0.25) is 10.0 Å². The molecule has 1 aliphatic carbocycles. The first-order valence-corrected chi connectivity index (χ1v) is 9.18. The Morgan fingerprint density at radius 1 is 1.17 bits per heavy atom. The predicted molar refractivity (Wildman–Crippen MR) is 96.9 cm³/mol. The monoisotopic (exact) mass is 382 g/mol. The lowest BCUT2D eigenvalue weighted by Gasteiger charge is -2.16. The predicted octanol–water partition coefficient (Wildman–Crippen LogP) is 4.25. The molecule has 0 bridgehead atoms. The zero-order chi connectivity index (χ0) is 17.3. The fraction of sp³-hybridized carbons (Fsp3) is 0.294. The third-order valence-corrected chi connectivity index (χ3v) is 5.80. The van der Waals surface area contributed by atoms with Gasteiger partial charge in [-0.25, -0.2) is 0 Å². The standard InChI is InChI=1S/C17H16Cl2N2O2S/c1-9-2-5-14-10(6-9)7-15(24-14)17(23)21-20-16(22)12-4-3-11(18)8-13(12)19/h3-4,7-9H,2,5-6H2,1H3,(H,20,22)(H,21,23). The van der Waals surface area contributed by atoms with Crippen LogP contribution in [0.3, 0.4) is 0 Å². The fourth-order valence-electron chi connectivity index (χ4n) is 2.73. The molecule has 1 atom stereocenters. The second kappa shape index (κ2) is 7.13. The summed E-state index contributed by atoms with van der Waals surface area (Å²) in [6, 6.07) is 6.48. The lowest BCUT2D eigenvalue weighted by Crippen LogP contribution is -2.41. The molecule has 1 unspecified atom stereocenters. The van der Waals surface area contributed by atoms with Gasteiger partial charge in [-0.3, -0.25) is 20.4 Å². The molecule has 2 aromatic rings. The summed E-state index contributed by atoms with van der Waals surface area (Å²) in [5, 5.41) is 0.675. The molecule has 24 heavy (non-hydrogen) atoms. The van der Waals surface area contributed by atoms with Gasteiger partial charge in [0, 0.05) is 9.90 Å². The summed E-state index contributed by atoms with van der Waals surface area (Å²) in [6.07, 6.45) is 3.17. The smallest absolute Gasteiger partial charge is 0.267 e. The molecule has 1 aromatic carbocycles. The van der Waals surface area contributed by atoms with Gasteiger partial charge in [0.15, 0.2) is 0 Å². The minimum Gasteiger partial charge on any atom is -0.267 e. The number of carbonyl (C=O) groups excluding carboxylic acids is 2. The van der Waals surface area contributed by atoms with Gasteiger partial charge in [-0.15, -0.1) is 11.3 Å². The second-order valence-corrected chi connectivity index (χ2v) is 7.92. The molecule has 0 saturated heterocycles. The van der Waals surface area contributed by atoms with Gasteiger partial charge in [-0.1, -0.05) is 30.1 Å². The van der Waals surface area contributed by atoms with E-state index in [1.165, 1.54) is 33.9 Å². The van der Waals surface area contributed by atoms with Crippen LogP contribution >= 0.6 is 34.5 Å². The number of hydrazine groups is 1. The van der Waals surface area contributed by atoms with Crippen molar-refractivity contribution in [1.29, 1.82) is 0 Å². The number of fused-ring (bicyclic) bond motifs is 1. The largest absolute Gasteiger partial charge is 0.279 e. The molecule has 1 aliphatic rings. The number of hydrogen-bond acceptors (Lipinski definition) is 3. The molecule has 4 nitrogen and oxygen atoms in total. The number of hydrogen-bond donors (Lipinski definition) is 2. The molecule has 2 amide bonds. The highest BCUT2D eigenvalue weighted by atomic mass is 35.5. The van der Waals surface area contributed by atoms with E-state index in [-0.39, 0.29) is 16.5 Å². The van der Waals surface area contributed by atoms with Crippen LogP contribution in [0.15, 0.2) is 24.3 Å². The maximum absolute atomic E-state index is 12.2. The molecule has 0 fully saturated rings. The molecular formula is C17H16Cl2N2O2S. The Labute approximate surface area is 154 Å². The van der Waals surface area contributed by atoms with Gasteiger partial charge in [-0.05, 0) is 55.0 Å². The summed E-state index contributed by atoms with van der Waals surface area (Å²) >= 11 is 13.3. The molecular weight excluding hydrogens is 367 g/mol. The summed E-state index contributed by atoms with van der Waals surface area (Å²) in [6.45, 7) is 2.22. The van der Waals surface area contributed by atoms with Crippen LogP contribution in [-0.4, -0.2) is 11.8 Å². The van der Waals surface area contributed by atoms with E-state index in [0.29, 0.717) is 15.8 Å². The van der Waals surface area contributed by atoms with Gasteiger partial charge in [0.25, 0.3) is 11.8 Å². The average molecular weight is 383 g/mol. The van der Waals surface area contributed by atoms with Crippen LogP contribution < -0.4 is 10.9 Å². The molecule has 1 heterocycles. The lowest BCUT2D eigenvalue weighted by molar-refractivity contribution is 0.0849. The maximum Gasteiger partial charge on any atom is 0.279 e. The number of carbonyl (C=O) groups is 2. The van der Waals surface area contributed by atoms with E-state index in [9.17, 15) is 9.59 Å². The molecule has 3 rings (SSSR count). The normalized spacial score (nSPS) is 16.4. The zero-order valence-electron chi connectivity index (χ0n) is 13.0. The van der Waals surface area contributed by atoms with Crippen LogP contribution in [0.4, 0.5) is 0 Å². The van der Waals surface area contributed by atoms with Crippen LogP contribution in [0, 0.1) is 5.92 Å². The Balaban J connectivity index is 1.64. The molecule has 0 spiro atoms. The van der Waals surface area contributed by atoms with Crippen molar-refractivity contribution < 1.29 is 9.59 Å². The van der Waals surface area contributed by atoms with E-state index in [1.54, 1.807) is 6.07 Å². The van der Waals surface area contributed by atoms with Gasteiger partial charge in [0.05, 0.1) is 15.5 Å². The SMILES string of the molecule is CC1CCc2sc(C(=O)NNC(=O)c3ccc(Cl)cc3Cl)cc2C1. The highest BCUT2D eigenvalue weighted by Gasteiger charge is 2.21. The Kier molecular flexibility index (Phi) is 5.13. The van der Waals surface area contributed by atoms with Crippen molar-refractivity contribution in [2.24, 2.45) is 5.92 Å². The van der Waals surface area contributed by atoms with Gasteiger partial charge < -0.3 is 0 Å². The second-order valence-electron chi connectivity index (χ2n) is 5.94. The molecule has 7 heteroatoms. The van der Waals surface area contributed by atoms with Gasteiger partial charge in [0.1, 0.15) is 0 Å². The number of rotatable bonds is 2. The van der Waals surface area contributed by atoms with E-state index < -0.39 is 5.91 Å². The molecule has 0 saturated carbocycles. The topological polar surface area (TPSA) is 58.2 Å². The van der Waals surface area contributed by atoms with Crippen LogP contribution in [-0.2, 0) is 12.8 Å². The first-order chi connectivity index (χ1) is 11.4. The third-order valence-electron chi connectivity index (χ3n) is 4.02. The number of halogens is 2. The lowest BCUT2D eigenvalue weighted by atomic mass is 9.90. The van der Waals surface area contributed by atoms with Crippen LogP contribution in [0.25, 0.3) is 0 Å². The van der Waals surface area contributed by atoms with Gasteiger partial charge in [0.2, 0.25) is 0 Å². The Bertz CT molecular complexity index is 804. The van der Waals surface area contributed by atoms with E-state index in [2.05, 4.69) is 17.8 Å². The Morgan fingerprint density at radius 2 is 1.92 bits per heavy atom. The zero-order valence-corrected chi connectivity index (χ0v) is 15.3. The third kappa shape index (κ3) is 3.74. The van der Waals surface area contributed by atoms with E-state index in [1.807, 2.05) is 6.07 Å². The van der Waals surface area contributed by atoms with Gasteiger partial charge >= 0.3 is 0 Å². The van der Waals surface area contributed by atoms with Gasteiger partial charge in [-0.2, -0.15) is 0 Å². The average Bonchev–Trinajstić information content (AvgIpc) is 2.95. The Hall–Kier alpha value is -1.56. The molecule has 126 valence electrons. The fourth-order valence-corrected chi connectivity index (χ4v) is 4.33. The number of nitrogens with one attached hydrogen (secondary N) is 2. The highest BCUT2D eigenvalue weighted by Crippen LogP contribution is 2.32. The quantitative estimate of drug-likeness (QED) is 0.762. The number of aryl methyl sites for hydroxylation is 1. The van der Waals surface area contributed by atoms with Crippen LogP contribution in [0.1, 0.15) is 43.8 Å². The summed E-state index contributed by atoms with van der Waals surface area (Å²) in [5.74, 6) is -0.157. The van der Waals surface area contributed by atoms with E-state index in [4.69, 9.17) is 23.2 Å².